The average Bonchev–Trinajstić information content (AvgIpc) is 2.74. The van der Waals surface area contributed by atoms with Crippen LogP contribution in [0.2, 0.25) is 41.4 Å². The molecule has 0 aromatic heterocycles. The van der Waals surface area contributed by atoms with Gasteiger partial charge in [-0.3, -0.25) is 4.79 Å². The summed E-state index contributed by atoms with van der Waals surface area (Å²) in [5, 5.41) is 0.941. The maximum absolute atomic E-state index is 12.5. The van der Waals surface area contributed by atoms with E-state index in [1.165, 1.54) is 42.7 Å². The summed E-state index contributed by atoms with van der Waals surface area (Å²) < 4.78 is 0. The summed E-state index contributed by atoms with van der Waals surface area (Å²) >= 11 is 0. The molecule has 0 aromatic rings. The van der Waals surface area contributed by atoms with E-state index >= 15 is 0 Å². The third-order valence-electron chi connectivity index (χ3n) is 8.74. The van der Waals surface area contributed by atoms with Gasteiger partial charge in [0.05, 0.1) is 16.1 Å². The largest absolute Gasteiger partial charge is 0.299 e. The van der Waals surface area contributed by atoms with Crippen LogP contribution in [0.3, 0.4) is 0 Å². The first-order valence-corrected chi connectivity index (χ1v) is 17.5. The monoisotopic (exact) mass is 408 g/mol. The predicted molar refractivity (Wildman–Crippen MR) is 128 cm³/mol. The molecule has 0 aromatic carbocycles. The van der Waals surface area contributed by atoms with Crippen LogP contribution in [0.5, 0.6) is 0 Å². The third kappa shape index (κ3) is 4.88. The average molecular weight is 409 g/mol. The van der Waals surface area contributed by atoms with Crippen LogP contribution in [-0.2, 0) is 4.79 Å². The van der Waals surface area contributed by atoms with E-state index in [-0.39, 0.29) is 0 Å². The molecule has 0 amide bonds. The van der Waals surface area contributed by atoms with E-state index in [4.69, 9.17) is 0 Å². The summed E-state index contributed by atoms with van der Waals surface area (Å²) in [7, 11) is -2.65. The van der Waals surface area contributed by atoms with Crippen molar-refractivity contribution in [2.45, 2.75) is 123 Å². The molecule has 0 N–H and O–H groups in total. The molecule has 1 nitrogen and oxygen atoms in total. The first-order valence-electron chi connectivity index (χ1n) is 12.1. The molecule has 3 heteroatoms. The van der Waals surface area contributed by atoms with Gasteiger partial charge >= 0.3 is 0 Å². The Hall–Kier alpha value is -0.156. The quantitative estimate of drug-likeness (QED) is 0.234. The molecule has 0 heterocycles. The molecule has 158 valence electrons. The van der Waals surface area contributed by atoms with Crippen molar-refractivity contribution in [1.29, 1.82) is 0 Å². The third-order valence-corrected chi connectivity index (χ3v) is 24.1. The molecule has 0 saturated carbocycles. The molecule has 0 saturated heterocycles. The molecule has 0 radical (unpaired) electrons. The Kier molecular flexibility index (Phi) is 10.3. The molecule has 1 aliphatic rings. The van der Waals surface area contributed by atoms with Crippen molar-refractivity contribution in [2.24, 2.45) is 11.8 Å². The Balaban J connectivity index is 3.51. The summed E-state index contributed by atoms with van der Waals surface area (Å²) in [6.07, 6.45) is 6.84. The van der Waals surface area contributed by atoms with E-state index in [1.807, 2.05) is 12.5 Å². The van der Waals surface area contributed by atoms with Crippen LogP contribution in [0.15, 0.2) is 11.6 Å². The van der Waals surface area contributed by atoms with E-state index in [9.17, 15) is 4.79 Å². The van der Waals surface area contributed by atoms with Gasteiger partial charge < -0.3 is 0 Å². The SMILES string of the molecule is CCC(=O)[C@H]1CCC(C([Si](CC)(CC)CC)[Si](CC)(CC)CC)=C[C@@H]1CC. The van der Waals surface area contributed by atoms with Gasteiger partial charge in [-0.25, -0.2) is 0 Å². The van der Waals surface area contributed by atoms with E-state index in [0.717, 1.165) is 18.0 Å². The number of hydrogen-bond donors (Lipinski definition) is 0. The minimum absolute atomic E-state index is 0.297. The molecule has 0 unspecified atom stereocenters. The second kappa shape index (κ2) is 11.1. The van der Waals surface area contributed by atoms with Crippen LogP contribution in [0, 0.1) is 11.8 Å². The molecular weight excluding hydrogens is 360 g/mol. The lowest BCUT2D eigenvalue weighted by Crippen LogP contribution is -2.54. The minimum atomic E-state index is -1.32. The van der Waals surface area contributed by atoms with E-state index in [0.29, 0.717) is 24.0 Å². The van der Waals surface area contributed by atoms with Crippen molar-refractivity contribution in [3.63, 3.8) is 0 Å². The zero-order valence-electron chi connectivity index (χ0n) is 19.8. The molecule has 0 aliphatic heterocycles. The Morgan fingerprint density at radius 2 is 1.33 bits per heavy atom. The number of rotatable bonds is 12. The predicted octanol–water partition coefficient (Wildman–Crippen LogP) is 8.25. The highest BCUT2D eigenvalue weighted by atomic mass is 28.4. The van der Waals surface area contributed by atoms with Crippen molar-refractivity contribution >= 4 is 21.9 Å². The highest BCUT2D eigenvalue weighted by Gasteiger charge is 2.50. The van der Waals surface area contributed by atoms with Crippen molar-refractivity contribution in [3.8, 4) is 0 Å². The van der Waals surface area contributed by atoms with E-state index in [1.54, 1.807) is 0 Å². The molecular formula is C24H48OSi2. The van der Waals surface area contributed by atoms with Gasteiger partial charge in [-0.15, -0.1) is 0 Å². The fourth-order valence-corrected chi connectivity index (χ4v) is 22.9. The Bertz CT molecular complexity index is 452. The molecule has 0 spiro atoms. The zero-order valence-corrected chi connectivity index (χ0v) is 21.8. The lowest BCUT2D eigenvalue weighted by Gasteiger charge is -2.51. The van der Waals surface area contributed by atoms with Gasteiger partial charge in [0.1, 0.15) is 5.78 Å². The second-order valence-electron chi connectivity index (χ2n) is 9.06. The number of ketones is 1. The van der Waals surface area contributed by atoms with Gasteiger partial charge in [-0.2, -0.15) is 0 Å². The molecule has 0 bridgehead atoms. The standard InChI is InChI=1S/C24H48OSi2/c1-9-20-19-21(17-18-22(20)23(25)10-2)24(26(11-3,12-4)13-5)27(14-6,15-7)16-8/h19-20,22,24H,9-18H2,1-8H3/t20-,22-/m0/s1. The van der Waals surface area contributed by atoms with Crippen LogP contribution >= 0.6 is 0 Å². The molecule has 27 heavy (non-hydrogen) atoms. The summed E-state index contributed by atoms with van der Waals surface area (Å²) in [5.74, 6) is 1.30. The first kappa shape index (κ1) is 24.9. The topological polar surface area (TPSA) is 17.1 Å². The number of carbonyl (C=O) groups is 1. The Morgan fingerprint density at radius 1 is 0.889 bits per heavy atom. The maximum atomic E-state index is 12.5. The fourth-order valence-electron chi connectivity index (χ4n) is 6.48. The molecule has 0 fully saturated rings. The van der Waals surface area contributed by atoms with Crippen LogP contribution in [0.1, 0.15) is 81.1 Å². The number of allylic oxidation sites excluding steroid dienone is 2. The summed E-state index contributed by atoms with van der Waals surface area (Å²) in [5.41, 5.74) is 1.83. The van der Waals surface area contributed by atoms with Gasteiger partial charge in [0.15, 0.2) is 0 Å². The van der Waals surface area contributed by atoms with Gasteiger partial charge in [0, 0.05) is 12.3 Å². The highest BCUT2D eigenvalue weighted by molar-refractivity contribution is 7.00. The molecule has 1 aliphatic carbocycles. The number of Topliss-reactive ketones (excluding diaryl/α,β-unsaturated/α-hetero) is 1. The van der Waals surface area contributed by atoms with Crippen molar-refractivity contribution in [3.05, 3.63) is 11.6 Å². The number of hydrogen-bond acceptors (Lipinski definition) is 1. The Morgan fingerprint density at radius 3 is 1.67 bits per heavy atom. The lowest BCUT2D eigenvalue weighted by atomic mass is 9.77. The number of carbonyl (C=O) groups excluding carboxylic acids is 1. The van der Waals surface area contributed by atoms with E-state index < -0.39 is 16.1 Å². The van der Waals surface area contributed by atoms with Crippen LogP contribution in [-0.4, -0.2) is 21.9 Å². The first-order chi connectivity index (χ1) is 12.9. The van der Waals surface area contributed by atoms with Gasteiger partial charge in [-0.1, -0.05) is 103 Å². The van der Waals surface area contributed by atoms with Gasteiger partial charge in [0.2, 0.25) is 0 Å². The zero-order chi connectivity index (χ0) is 20.7. The van der Waals surface area contributed by atoms with Gasteiger partial charge in [0.25, 0.3) is 0 Å². The van der Waals surface area contributed by atoms with Crippen molar-refractivity contribution in [2.75, 3.05) is 0 Å². The fraction of sp³-hybridized carbons (Fsp3) is 0.875. The highest BCUT2D eigenvalue weighted by Crippen LogP contribution is 2.52. The summed E-state index contributed by atoms with van der Waals surface area (Å²) in [6.45, 7) is 19.3. The Labute approximate surface area is 172 Å². The van der Waals surface area contributed by atoms with Gasteiger partial charge in [-0.05, 0) is 30.3 Å². The second-order valence-corrected chi connectivity index (χ2v) is 20.5. The minimum Gasteiger partial charge on any atom is -0.299 e. The smallest absolute Gasteiger partial charge is 0.136 e. The van der Waals surface area contributed by atoms with E-state index in [2.05, 4.69) is 54.5 Å². The maximum Gasteiger partial charge on any atom is 0.136 e. The summed E-state index contributed by atoms with van der Waals surface area (Å²) in [6, 6.07) is 8.61. The summed E-state index contributed by atoms with van der Waals surface area (Å²) in [4.78, 5) is 12.5. The normalized spacial score (nSPS) is 21.4. The van der Waals surface area contributed by atoms with Crippen LogP contribution < -0.4 is 0 Å². The van der Waals surface area contributed by atoms with Crippen molar-refractivity contribution < 1.29 is 4.79 Å². The molecule has 1 rings (SSSR count). The molecule has 2 atom stereocenters. The lowest BCUT2D eigenvalue weighted by molar-refractivity contribution is -0.124. The van der Waals surface area contributed by atoms with Crippen molar-refractivity contribution in [1.82, 2.24) is 0 Å². The van der Waals surface area contributed by atoms with Crippen LogP contribution in [0.4, 0.5) is 0 Å². The van der Waals surface area contributed by atoms with Crippen LogP contribution in [0.25, 0.3) is 0 Å².